The Morgan fingerprint density at radius 3 is 2.64 bits per heavy atom. The van der Waals surface area contributed by atoms with Crippen molar-refractivity contribution in [3.8, 4) is 11.5 Å². The number of carbonyl (C=O) groups excluding carboxylic acids is 1. The maximum Gasteiger partial charge on any atom is 0.427 e. The summed E-state index contributed by atoms with van der Waals surface area (Å²) in [5.74, 6) is 2.44. The van der Waals surface area contributed by atoms with Crippen molar-refractivity contribution in [2.24, 2.45) is 0 Å². The number of likely N-dealkylation sites (N-methyl/N-ethyl adjacent to an activating group) is 1. The van der Waals surface area contributed by atoms with Gasteiger partial charge in [-0.25, -0.2) is 4.79 Å². The summed E-state index contributed by atoms with van der Waals surface area (Å²) in [6.45, 7) is 3.61. The minimum atomic E-state index is 0.0488. The molecular weight excluding hydrogens is 356 g/mol. The van der Waals surface area contributed by atoms with Crippen LogP contribution in [0.4, 0.5) is 0 Å². The van der Waals surface area contributed by atoms with Gasteiger partial charge in [0.05, 0.1) is 20.8 Å². The number of rotatable bonds is 7. The van der Waals surface area contributed by atoms with E-state index in [0.29, 0.717) is 11.4 Å². The van der Waals surface area contributed by atoms with Gasteiger partial charge in [-0.1, -0.05) is 6.92 Å². The molecule has 1 amide bonds. The Balaban J connectivity index is 2.32. The summed E-state index contributed by atoms with van der Waals surface area (Å²) in [7, 11) is 7.28. The molecule has 0 fully saturated rings. The van der Waals surface area contributed by atoms with E-state index in [-0.39, 0.29) is 5.91 Å². The second-order valence-electron chi connectivity index (χ2n) is 5.68. The highest BCUT2D eigenvalue weighted by atomic mass is 32.2. The van der Waals surface area contributed by atoms with Crippen molar-refractivity contribution < 1.29 is 18.8 Å². The fraction of sp³-hybridized carbons (Fsp3) is 0.444. The quantitative estimate of drug-likeness (QED) is 0.534. The zero-order chi connectivity index (χ0) is 18.4. The number of ether oxygens (including phenoxy) is 2. The molecule has 136 valence electrons. The average molecular weight is 382 g/mol. The smallest absolute Gasteiger partial charge is 0.427 e. The molecule has 1 heterocycles. The highest BCUT2D eigenvalue weighted by Crippen LogP contribution is 2.35. The van der Waals surface area contributed by atoms with E-state index in [4.69, 9.17) is 9.47 Å². The van der Waals surface area contributed by atoms with Crippen LogP contribution in [0, 0.1) is 0 Å². The van der Waals surface area contributed by atoms with Gasteiger partial charge in [-0.15, -0.1) is 4.58 Å². The van der Waals surface area contributed by atoms with Crippen molar-refractivity contribution in [2.45, 2.75) is 6.92 Å². The van der Waals surface area contributed by atoms with Crippen LogP contribution in [-0.4, -0.2) is 66.9 Å². The van der Waals surface area contributed by atoms with Crippen molar-refractivity contribution in [1.82, 2.24) is 4.90 Å². The lowest BCUT2D eigenvalue weighted by molar-refractivity contribution is -0.437. The predicted octanol–water partition coefficient (Wildman–Crippen LogP) is 3.00. The number of nitrogens with zero attached hydrogens (tertiary/aromatic N) is 2. The Kier molecular flexibility index (Phi) is 7.40. The third-order valence-corrected chi connectivity index (χ3v) is 5.90. The number of carbonyl (C=O) groups is 1. The molecule has 1 aliphatic heterocycles. The number of benzene rings is 1. The number of hydrogen-bond acceptors (Lipinski definition) is 6. The Morgan fingerprint density at radius 1 is 1.28 bits per heavy atom. The van der Waals surface area contributed by atoms with Crippen LogP contribution in [0.2, 0.25) is 0 Å². The van der Waals surface area contributed by atoms with Gasteiger partial charge in [-0.2, -0.15) is 0 Å². The van der Waals surface area contributed by atoms with Crippen LogP contribution >= 0.6 is 23.5 Å². The molecule has 1 aliphatic rings. The summed E-state index contributed by atoms with van der Waals surface area (Å²) in [5, 5.41) is 0. The SMILES string of the molecule is CCSC1=[N+](CCN(C)C)C(=O)/C(=C/c2cc(OC)ccc2OC)S1. The van der Waals surface area contributed by atoms with Crippen molar-refractivity contribution in [2.75, 3.05) is 47.2 Å². The van der Waals surface area contributed by atoms with Crippen LogP contribution in [0.1, 0.15) is 12.5 Å². The molecule has 0 N–H and O–H groups in total. The normalized spacial score (nSPS) is 16.2. The Labute approximate surface area is 158 Å². The number of hydrogen-bond donors (Lipinski definition) is 0. The van der Waals surface area contributed by atoms with E-state index in [9.17, 15) is 4.79 Å². The number of methoxy groups -OCH3 is 2. The lowest BCUT2D eigenvalue weighted by Crippen LogP contribution is -2.28. The van der Waals surface area contributed by atoms with E-state index >= 15 is 0 Å². The fourth-order valence-corrected chi connectivity index (χ4v) is 4.61. The van der Waals surface area contributed by atoms with E-state index in [2.05, 4.69) is 11.8 Å². The van der Waals surface area contributed by atoms with Crippen LogP contribution in [0.5, 0.6) is 11.5 Å². The highest BCUT2D eigenvalue weighted by Gasteiger charge is 2.38. The molecule has 0 radical (unpaired) electrons. The minimum absolute atomic E-state index is 0.0488. The molecule has 7 heteroatoms. The molecule has 1 aromatic rings. The summed E-state index contributed by atoms with van der Waals surface area (Å²) in [6, 6.07) is 5.58. The maximum atomic E-state index is 12.9. The number of amides is 1. The molecular formula is C18H25N2O3S2+. The van der Waals surface area contributed by atoms with Gasteiger partial charge in [-0.05, 0) is 61.9 Å². The lowest BCUT2D eigenvalue weighted by atomic mass is 10.1. The summed E-state index contributed by atoms with van der Waals surface area (Å²) >= 11 is 3.24. The molecule has 1 aromatic carbocycles. The standard InChI is InChI=1S/C18H25N2O3S2/c1-6-24-18-20(10-9-19(2)3)17(21)16(25-18)12-13-11-14(22-4)7-8-15(13)23-5/h7-8,11-12H,6,9-10H2,1-5H3/q+1/b16-12-. The first-order valence-electron chi connectivity index (χ1n) is 8.08. The van der Waals surface area contributed by atoms with Gasteiger partial charge in [0.2, 0.25) is 0 Å². The molecule has 0 saturated heterocycles. The molecule has 0 aromatic heterocycles. The highest BCUT2D eigenvalue weighted by molar-refractivity contribution is 8.40. The van der Waals surface area contributed by atoms with E-state index in [1.807, 2.05) is 42.9 Å². The number of thioether (sulfide) groups is 2. The molecule has 2 rings (SSSR count). The van der Waals surface area contributed by atoms with Gasteiger partial charge in [0.15, 0.2) is 6.54 Å². The summed E-state index contributed by atoms with van der Waals surface area (Å²) in [4.78, 5) is 15.7. The minimum Gasteiger partial charge on any atom is -0.497 e. The van der Waals surface area contributed by atoms with E-state index in [1.165, 1.54) is 11.8 Å². The zero-order valence-corrected chi connectivity index (χ0v) is 17.0. The summed E-state index contributed by atoms with van der Waals surface area (Å²) < 4.78 is 13.6. The molecule has 5 nitrogen and oxygen atoms in total. The van der Waals surface area contributed by atoms with Crippen molar-refractivity contribution in [1.29, 1.82) is 0 Å². The van der Waals surface area contributed by atoms with E-state index in [0.717, 1.165) is 33.7 Å². The van der Waals surface area contributed by atoms with Crippen LogP contribution < -0.4 is 9.47 Å². The van der Waals surface area contributed by atoms with Crippen molar-refractivity contribution in [3.63, 3.8) is 0 Å². The van der Waals surface area contributed by atoms with Crippen LogP contribution in [-0.2, 0) is 4.79 Å². The zero-order valence-electron chi connectivity index (χ0n) is 15.4. The molecule has 0 unspecified atom stereocenters. The second-order valence-corrected chi connectivity index (χ2v) is 8.22. The average Bonchev–Trinajstić information content (AvgIpc) is 2.88. The van der Waals surface area contributed by atoms with Gasteiger partial charge < -0.3 is 14.4 Å². The first-order chi connectivity index (χ1) is 12.0. The molecule has 0 saturated carbocycles. The van der Waals surface area contributed by atoms with Gasteiger partial charge >= 0.3 is 5.91 Å². The molecule has 0 spiro atoms. The molecule has 0 aliphatic carbocycles. The van der Waals surface area contributed by atoms with Gasteiger partial charge in [0, 0.05) is 11.3 Å². The first kappa shape index (κ1) is 19.9. The van der Waals surface area contributed by atoms with Crippen molar-refractivity contribution in [3.05, 3.63) is 28.7 Å². The van der Waals surface area contributed by atoms with Crippen molar-refractivity contribution >= 4 is 39.9 Å². The predicted molar refractivity (Wildman–Crippen MR) is 107 cm³/mol. The topological polar surface area (TPSA) is 41.8 Å². The van der Waals surface area contributed by atoms with Crippen LogP contribution in [0.3, 0.4) is 0 Å². The second kappa shape index (κ2) is 9.31. The van der Waals surface area contributed by atoms with Crippen LogP contribution in [0.25, 0.3) is 6.08 Å². The Bertz CT molecular complexity index is 700. The fourth-order valence-electron chi connectivity index (χ4n) is 2.32. The van der Waals surface area contributed by atoms with E-state index < -0.39 is 0 Å². The third kappa shape index (κ3) is 5.03. The Morgan fingerprint density at radius 2 is 2.04 bits per heavy atom. The third-order valence-electron chi connectivity index (χ3n) is 3.64. The van der Waals surface area contributed by atoms with E-state index in [1.54, 1.807) is 26.0 Å². The molecule has 0 bridgehead atoms. The first-order valence-corrected chi connectivity index (χ1v) is 9.88. The lowest BCUT2D eigenvalue weighted by Gasteiger charge is -2.07. The van der Waals surface area contributed by atoms with Gasteiger partial charge in [0.1, 0.15) is 16.4 Å². The molecule has 0 atom stereocenters. The van der Waals surface area contributed by atoms with Gasteiger partial charge in [0.25, 0.3) is 4.38 Å². The summed E-state index contributed by atoms with van der Waals surface area (Å²) in [5.41, 5.74) is 0.841. The van der Waals surface area contributed by atoms with Crippen LogP contribution in [0.15, 0.2) is 23.1 Å². The van der Waals surface area contributed by atoms with Gasteiger partial charge in [-0.3, -0.25) is 0 Å². The Hall–Kier alpha value is -1.44. The largest absolute Gasteiger partial charge is 0.497 e. The molecule has 25 heavy (non-hydrogen) atoms. The monoisotopic (exact) mass is 381 g/mol. The maximum absolute atomic E-state index is 12.9. The summed E-state index contributed by atoms with van der Waals surface area (Å²) in [6.07, 6.45) is 1.89.